The number of aromatic nitrogens is 2. The zero-order valence-electron chi connectivity index (χ0n) is 11.8. The molecule has 0 radical (unpaired) electrons. The summed E-state index contributed by atoms with van der Waals surface area (Å²) in [5, 5.41) is 3.03. The van der Waals surface area contributed by atoms with E-state index in [0.717, 1.165) is 6.42 Å². The average Bonchev–Trinajstić information content (AvgIpc) is 2.41. The summed E-state index contributed by atoms with van der Waals surface area (Å²) in [5.41, 5.74) is 1.21. The zero-order valence-corrected chi connectivity index (χ0v) is 11.8. The van der Waals surface area contributed by atoms with E-state index in [-0.39, 0.29) is 11.3 Å². The first kappa shape index (κ1) is 14.4. The lowest BCUT2D eigenvalue weighted by Gasteiger charge is -2.10. The summed E-state index contributed by atoms with van der Waals surface area (Å²) in [7, 11) is 0. The first-order valence-electron chi connectivity index (χ1n) is 6.57. The van der Waals surface area contributed by atoms with Crippen LogP contribution in [0.1, 0.15) is 24.6 Å². The van der Waals surface area contributed by atoms with E-state index in [1.54, 1.807) is 19.9 Å². The highest BCUT2D eigenvalue weighted by atomic mass is 19.1. The maximum Gasteiger partial charge on any atom is 0.223 e. The van der Waals surface area contributed by atoms with Crippen molar-refractivity contribution in [3.63, 3.8) is 0 Å². The molecule has 0 aliphatic rings. The first-order valence-corrected chi connectivity index (χ1v) is 6.57. The summed E-state index contributed by atoms with van der Waals surface area (Å²) >= 11 is 0. The molecule has 5 heteroatoms. The largest absolute Gasteiger partial charge is 0.354 e. The van der Waals surface area contributed by atoms with Gasteiger partial charge < -0.3 is 5.32 Å². The molecule has 1 aromatic heterocycles. The van der Waals surface area contributed by atoms with Gasteiger partial charge in [-0.3, -0.25) is 0 Å². The molecule has 2 aromatic rings. The fourth-order valence-electron chi connectivity index (χ4n) is 1.90. The molecule has 2 rings (SSSR count). The minimum absolute atomic E-state index is 0.102. The molecular formula is C15H17F2N3. The molecule has 1 N–H and O–H groups in total. The van der Waals surface area contributed by atoms with Crippen LogP contribution in [-0.2, 0) is 0 Å². The number of aryl methyl sites for hydroxylation is 2. The van der Waals surface area contributed by atoms with Crippen molar-refractivity contribution in [1.82, 2.24) is 9.97 Å². The van der Waals surface area contributed by atoms with Crippen molar-refractivity contribution >= 4 is 5.95 Å². The molecule has 0 aliphatic carbocycles. The normalized spacial score (nSPS) is 10.7. The molecule has 0 aliphatic heterocycles. The number of anilines is 1. The van der Waals surface area contributed by atoms with Crippen LogP contribution in [-0.4, -0.2) is 16.5 Å². The summed E-state index contributed by atoms with van der Waals surface area (Å²) in [4.78, 5) is 8.41. The SMILES string of the molecule is CCCNc1nc(C)cc(-c2c(F)ccc(C)c2F)n1. The van der Waals surface area contributed by atoms with Gasteiger partial charge in [0.25, 0.3) is 0 Å². The van der Waals surface area contributed by atoms with Gasteiger partial charge in [-0.1, -0.05) is 13.0 Å². The van der Waals surface area contributed by atoms with E-state index in [1.807, 2.05) is 6.92 Å². The minimum atomic E-state index is -0.618. The van der Waals surface area contributed by atoms with E-state index >= 15 is 0 Å². The fourth-order valence-corrected chi connectivity index (χ4v) is 1.90. The summed E-state index contributed by atoms with van der Waals surface area (Å²) in [6, 6.07) is 4.25. The van der Waals surface area contributed by atoms with Crippen molar-refractivity contribution in [2.75, 3.05) is 11.9 Å². The first-order chi connectivity index (χ1) is 9.52. The smallest absolute Gasteiger partial charge is 0.223 e. The third kappa shape index (κ3) is 2.92. The van der Waals surface area contributed by atoms with E-state index < -0.39 is 11.6 Å². The fraction of sp³-hybridized carbons (Fsp3) is 0.333. The molecule has 0 fully saturated rings. The Morgan fingerprint density at radius 2 is 1.90 bits per heavy atom. The average molecular weight is 277 g/mol. The van der Waals surface area contributed by atoms with Crippen LogP contribution in [0.15, 0.2) is 18.2 Å². The molecule has 0 saturated heterocycles. The monoisotopic (exact) mass is 277 g/mol. The molecule has 106 valence electrons. The maximum atomic E-state index is 14.1. The van der Waals surface area contributed by atoms with Crippen LogP contribution < -0.4 is 5.32 Å². The van der Waals surface area contributed by atoms with Crippen molar-refractivity contribution in [3.8, 4) is 11.3 Å². The van der Waals surface area contributed by atoms with E-state index in [2.05, 4.69) is 15.3 Å². The predicted molar refractivity (Wildman–Crippen MR) is 75.6 cm³/mol. The molecule has 1 aromatic carbocycles. The maximum absolute atomic E-state index is 14.1. The topological polar surface area (TPSA) is 37.8 Å². The molecule has 0 saturated carbocycles. The Morgan fingerprint density at radius 3 is 2.60 bits per heavy atom. The number of rotatable bonds is 4. The molecule has 20 heavy (non-hydrogen) atoms. The van der Waals surface area contributed by atoms with Crippen molar-refractivity contribution in [2.45, 2.75) is 27.2 Å². The number of hydrogen-bond donors (Lipinski definition) is 1. The van der Waals surface area contributed by atoms with Crippen molar-refractivity contribution < 1.29 is 8.78 Å². The standard InChI is InChI=1S/C15H17F2N3/c1-4-7-18-15-19-10(3)8-12(20-15)13-11(16)6-5-9(2)14(13)17/h5-6,8H,4,7H2,1-3H3,(H,18,19,20). The summed E-state index contributed by atoms with van der Waals surface area (Å²) in [6.45, 7) is 6.10. The van der Waals surface area contributed by atoms with Gasteiger partial charge >= 0.3 is 0 Å². The Kier molecular flexibility index (Phi) is 4.27. The van der Waals surface area contributed by atoms with Gasteiger partial charge in [-0.15, -0.1) is 0 Å². The Labute approximate surface area is 117 Å². The number of halogens is 2. The summed E-state index contributed by atoms with van der Waals surface area (Å²) < 4.78 is 28.1. The highest BCUT2D eigenvalue weighted by Gasteiger charge is 2.16. The zero-order chi connectivity index (χ0) is 14.7. The van der Waals surface area contributed by atoms with Gasteiger partial charge in [-0.05, 0) is 38.0 Å². The number of benzene rings is 1. The lowest BCUT2D eigenvalue weighted by Crippen LogP contribution is -2.06. The van der Waals surface area contributed by atoms with Gasteiger partial charge in [0.2, 0.25) is 5.95 Å². The van der Waals surface area contributed by atoms with Gasteiger partial charge in [-0.25, -0.2) is 18.7 Å². The van der Waals surface area contributed by atoms with Crippen LogP contribution in [0.4, 0.5) is 14.7 Å². The van der Waals surface area contributed by atoms with E-state index in [0.29, 0.717) is 23.8 Å². The van der Waals surface area contributed by atoms with Gasteiger partial charge in [0.1, 0.15) is 11.6 Å². The van der Waals surface area contributed by atoms with Crippen molar-refractivity contribution in [2.24, 2.45) is 0 Å². The molecule has 0 bridgehead atoms. The van der Waals surface area contributed by atoms with Gasteiger partial charge in [0.15, 0.2) is 0 Å². The molecule has 0 unspecified atom stereocenters. The van der Waals surface area contributed by atoms with Gasteiger partial charge in [0.05, 0.1) is 11.3 Å². The third-order valence-corrected chi connectivity index (χ3v) is 2.93. The van der Waals surface area contributed by atoms with Crippen LogP contribution in [0.2, 0.25) is 0 Å². The second kappa shape index (κ2) is 5.94. The Bertz CT molecular complexity index is 627. The number of nitrogens with zero attached hydrogens (tertiary/aromatic N) is 2. The third-order valence-electron chi connectivity index (χ3n) is 2.93. The number of hydrogen-bond acceptors (Lipinski definition) is 3. The lowest BCUT2D eigenvalue weighted by molar-refractivity contribution is 0.582. The van der Waals surface area contributed by atoms with E-state index in [1.165, 1.54) is 12.1 Å². The Hall–Kier alpha value is -2.04. The second-order valence-electron chi connectivity index (χ2n) is 4.70. The number of nitrogens with one attached hydrogen (secondary N) is 1. The molecule has 0 spiro atoms. The Morgan fingerprint density at radius 1 is 1.15 bits per heavy atom. The summed E-state index contributed by atoms with van der Waals surface area (Å²) in [5.74, 6) is -0.806. The molecule has 0 atom stereocenters. The molecule has 3 nitrogen and oxygen atoms in total. The van der Waals surface area contributed by atoms with E-state index in [9.17, 15) is 8.78 Å². The second-order valence-corrected chi connectivity index (χ2v) is 4.70. The van der Waals surface area contributed by atoms with Crippen LogP contribution in [0.25, 0.3) is 11.3 Å². The van der Waals surface area contributed by atoms with Crippen LogP contribution in [0.5, 0.6) is 0 Å². The van der Waals surface area contributed by atoms with Crippen LogP contribution in [0.3, 0.4) is 0 Å². The Balaban J connectivity index is 2.52. The lowest BCUT2D eigenvalue weighted by atomic mass is 10.1. The molecule has 0 amide bonds. The van der Waals surface area contributed by atoms with Crippen molar-refractivity contribution in [3.05, 3.63) is 41.1 Å². The van der Waals surface area contributed by atoms with E-state index in [4.69, 9.17) is 0 Å². The van der Waals surface area contributed by atoms with Crippen LogP contribution >= 0.6 is 0 Å². The van der Waals surface area contributed by atoms with Gasteiger partial charge in [-0.2, -0.15) is 0 Å². The van der Waals surface area contributed by atoms with Gasteiger partial charge in [0, 0.05) is 12.2 Å². The molecule has 1 heterocycles. The molecular weight excluding hydrogens is 260 g/mol. The minimum Gasteiger partial charge on any atom is -0.354 e. The van der Waals surface area contributed by atoms with Crippen LogP contribution in [0, 0.1) is 25.5 Å². The van der Waals surface area contributed by atoms with Crippen molar-refractivity contribution in [1.29, 1.82) is 0 Å². The quantitative estimate of drug-likeness (QED) is 0.922. The predicted octanol–water partition coefficient (Wildman–Crippen LogP) is 3.86. The highest BCUT2D eigenvalue weighted by molar-refractivity contribution is 5.63. The highest BCUT2D eigenvalue weighted by Crippen LogP contribution is 2.27. The summed E-state index contributed by atoms with van der Waals surface area (Å²) in [6.07, 6.45) is 0.916.